The molecule has 22 heavy (non-hydrogen) atoms. The molecule has 2 aromatic rings. The monoisotopic (exact) mass is 413 g/mol. The van der Waals surface area contributed by atoms with Crippen molar-refractivity contribution in [2.45, 2.75) is 13.0 Å². The van der Waals surface area contributed by atoms with Gasteiger partial charge in [0.15, 0.2) is 6.10 Å². The fraction of sp³-hybridized carbons (Fsp3) is 0.125. The minimum absolute atomic E-state index is 0.308. The van der Waals surface area contributed by atoms with E-state index in [0.717, 1.165) is 3.57 Å². The Kier molecular flexibility index (Phi) is 5.48. The molecular weight excluding hydrogens is 400 g/mol. The van der Waals surface area contributed by atoms with Crippen LogP contribution in [-0.2, 0) is 9.53 Å². The molecule has 0 radical (unpaired) electrons. The van der Waals surface area contributed by atoms with Crippen LogP contribution in [0.4, 0.5) is 10.1 Å². The third kappa shape index (κ3) is 4.27. The van der Waals surface area contributed by atoms with Crippen LogP contribution in [0.3, 0.4) is 0 Å². The van der Waals surface area contributed by atoms with Gasteiger partial charge in [-0.25, -0.2) is 9.18 Å². The summed E-state index contributed by atoms with van der Waals surface area (Å²) in [6, 6.07) is 12.4. The smallest absolute Gasteiger partial charge is 0.339 e. The Bertz CT molecular complexity index is 705. The van der Waals surface area contributed by atoms with Crippen molar-refractivity contribution < 1.29 is 18.7 Å². The summed E-state index contributed by atoms with van der Waals surface area (Å²) in [5.41, 5.74) is 0.704. The van der Waals surface area contributed by atoms with Crippen LogP contribution in [0.15, 0.2) is 48.5 Å². The number of hydrogen-bond donors (Lipinski definition) is 1. The number of benzene rings is 2. The Balaban J connectivity index is 1.99. The minimum Gasteiger partial charge on any atom is -0.449 e. The zero-order valence-corrected chi connectivity index (χ0v) is 13.8. The highest BCUT2D eigenvalue weighted by atomic mass is 127. The van der Waals surface area contributed by atoms with Crippen molar-refractivity contribution in [2.24, 2.45) is 0 Å². The van der Waals surface area contributed by atoms with Gasteiger partial charge in [0.25, 0.3) is 5.91 Å². The molecule has 0 bridgehead atoms. The number of nitrogens with one attached hydrogen (secondary N) is 1. The second-order valence-electron chi connectivity index (χ2n) is 4.53. The molecule has 4 nitrogen and oxygen atoms in total. The molecule has 0 aliphatic heterocycles. The maximum Gasteiger partial charge on any atom is 0.339 e. The third-order valence-corrected chi connectivity index (χ3v) is 3.78. The minimum atomic E-state index is -0.994. The Morgan fingerprint density at radius 2 is 1.91 bits per heavy atom. The summed E-state index contributed by atoms with van der Waals surface area (Å²) in [5, 5.41) is 2.50. The molecule has 0 aliphatic rings. The Morgan fingerprint density at radius 3 is 2.59 bits per heavy atom. The third-order valence-electron chi connectivity index (χ3n) is 2.84. The van der Waals surface area contributed by atoms with E-state index in [1.807, 2.05) is 22.6 Å². The van der Waals surface area contributed by atoms with Crippen molar-refractivity contribution >= 4 is 40.2 Å². The van der Waals surface area contributed by atoms with Crippen molar-refractivity contribution in [2.75, 3.05) is 5.32 Å². The molecule has 1 atom stereocenters. The lowest BCUT2D eigenvalue weighted by Crippen LogP contribution is -2.30. The Hall–Kier alpha value is -1.96. The second-order valence-corrected chi connectivity index (χ2v) is 5.69. The van der Waals surface area contributed by atoms with E-state index >= 15 is 0 Å². The Labute approximate surface area is 140 Å². The number of carbonyl (C=O) groups excluding carboxylic acids is 2. The van der Waals surface area contributed by atoms with Gasteiger partial charge in [-0.3, -0.25) is 4.79 Å². The van der Waals surface area contributed by atoms with Gasteiger partial charge in [-0.05, 0) is 59.8 Å². The maximum atomic E-state index is 13.1. The van der Waals surface area contributed by atoms with Crippen molar-refractivity contribution in [1.29, 1.82) is 0 Å². The van der Waals surface area contributed by atoms with Crippen LogP contribution in [0.1, 0.15) is 17.3 Å². The number of ether oxygens (including phenoxy) is 1. The zero-order valence-electron chi connectivity index (χ0n) is 11.7. The number of hydrogen-bond acceptors (Lipinski definition) is 3. The summed E-state index contributed by atoms with van der Waals surface area (Å²) >= 11 is 2.02. The van der Waals surface area contributed by atoms with Crippen LogP contribution in [-0.4, -0.2) is 18.0 Å². The van der Waals surface area contributed by atoms with Gasteiger partial charge < -0.3 is 10.1 Å². The van der Waals surface area contributed by atoms with Crippen LogP contribution in [0.5, 0.6) is 0 Å². The molecule has 1 amide bonds. The maximum absolute atomic E-state index is 13.1. The van der Waals surface area contributed by atoms with Gasteiger partial charge in [-0.15, -0.1) is 0 Å². The van der Waals surface area contributed by atoms with Crippen LogP contribution in [0.2, 0.25) is 0 Å². The lowest BCUT2D eigenvalue weighted by atomic mass is 10.2. The van der Waals surface area contributed by atoms with E-state index in [4.69, 9.17) is 4.74 Å². The predicted molar refractivity (Wildman–Crippen MR) is 89.1 cm³/mol. The Morgan fingerprint density at radius 1 is 1.18 bits per heavy atom. The number of halogens is 2. The van der Waals surface area contributed by atoms with Crippen LogP contribution >= 0.6 is 22.6 Å². The molecule has 0 aliphatic carbocycles. The van der Waals surface area contributed by atoms with Gasteiger partial charge in [0, 0.05) is 9.26 Å². The highest BCUT2D eigenvalue weighted by molar-refractivity contribution is 14.1. The van der Waals surface area contributed by atoms with E-state index in [1.165, 1.54) is 25.1 Å². The first-order valence-corrected chi connectivity index (χ1v) is 7.57. The number of esters is 1. The molecule has 2 aromatic carbocycles. The van der Waals surface area contributed by atoms with Gasteiger partial charge in [0.05, 0.1) is 5.56 Å². The molecule has 1 N–H and O–H groups in total. The van der Waals surface area contributed by atoms with Crippen molar-refractivity contribution in [3.63, 3.8) is 0 Å². The molecule has 0 fully saturated rings. The fourth-order valence-electron chi connectivity index (χ4n) is 1.71. The molecule has 114 valence electrons. The SMILES string of the molecule is CC(OC(=O)c1ccccc1I)C(=O)Nc1cccc(F)c1. The second kappa shape index (κ2) is 7.35. The van der Waals surface area contributed by atoms with Gasteiger partial charge in [0.2, 0.25) is 0 Å². The molecule has 0 saturated carbocycles. The van der Waals surface area contributed by atoms with Gasteiger partial charge in [-0.2, -0.15) is 0 Å². The fourth-order valence-corrected chi connectivity index (χ4v) is 2.32. The van der Waals surface area contributed by atoms with Gasteiger partial charge in [-0.1, -0.05) is 18.2 Å². The zero-order chi connectivity index (χ0) is 16.1. The van der Waals surface area contributed by atoms with Crippen LogP contribution in [0, 0.1) is 9.39 Å². The first-order chi connectivity index (χ1) is 10.5. The molecule has 0 saturated heterocycles. The highest BCUT2D eigenvalue weighted by Crippen LogP contribution is 2.14. The quantitative estimate of drug-likeness (QED) is 0.616. The average molecular weight is 413 g/mol. The van der Waals surface area contributed by atoms with E-state index in [1.54, 1.807) is 30.3 Å². The summed E-state index contributed by atoms with van der Waals surface area (Å²) in [5.74, 6) is -1.56. The van der Waals surface area contributed by atoms with E-state index in [-0.39, 0.29) is 0 Å². The van der Waals surface area contributed by atoms with Crippen molar-refractivity contribution in [3.8, 4) is 0 Å². The largest absolute Gasteiger partial charge is 0.449 e. The summed E-state index contributed by atoms with van der Waals surface area (Å²) in [7, 11) is 0. The van der Waals surface area contributed by atoms with E-state index in [0.29, 0.717) is 11.3 Å². The van der Waals surface area contributed by atoms with Gasteiger partial charge in [0.1, 0.15) is 5.82 Å². The van der Waals surface area contributed by atoms with Crippen molar-refractivity contribution in [3.05, 3.63) is 63.5 Å². The number of anilines is 1. The summed E-state index contributed by atoms with van der Waals surface area (Å²) < 4.78 is 18.9. The summed E-state index contributed by atoms with van der Waals surface area (Å²) in [6.45, 7) is 1.46. The molecule has 6 heteroatoms. The van der Waals surface area contributed by atoms with E-state index in [9.17, 15) is 14.0 Å². The highest BCUT2D eigenvalue weighted by Gasteiger charge is 2.20. The topological polar surface area (TPSA) is 55.4 Å². The summed E-state index contributed by atoms with van der Waals surface area (Å²) in [6.07, 6.45) is -0.994. The van der Waals surface area contributed by atoms with E-state index in [2.05, 4.69) is 5.32 Å². The standard InChI is InChI=1S/C16H13FINO3/c1-10(15(20)19-12-6-4-5-11(17)9-12)22-16(21)13-7-2-3-8-14(13)18/h2-10H,1H3,(H,19,20). The van der Waals surface area contributed by atoms with Crippen LogP contribution < -0.4 is 5.32 Å². The average Bonchev–Trinajstić information content (AvgIpc) is 2.47. The number of carbonyl (C=O) groups is 2. The lowest BCUT2D eigenvalue weighted by Gasteiger charge is -2.14. The molecule has 1 unspecified atom stereocenters. The number of rotatable bonds is 4. The molecule has 0 aromatic heterocycles. The normalized spacial score (nSPS) is 11.6. The first kappa shape index (κ1) is 16.4. The lowest BCUT2D eigenvalue weighted by molar-refractivity contribution is -0.123. The van der Waals surface area contributed by atoms with Crippen LogP contribution in [0.25, 0.3) is 0 Å². The first-order valence-electron chi connectivity index (χ1n) is 6.49. The van der Waals surface area contributed by atoms with Gasteiger partial charge >= 0.3 is 5.97 Å². The molecular formula is C16H13FINO3. The summed E-state index contributed by atoms with van der Waals surface area (Å²) in [4.78, 5) is 24.0. The molecule has 0 heterocycles. The predicted octanol–water partition coefficient (Wildman–Crippen LogP) is 3.61. The molecule has 2 rings (SSSR count). The number of amides is 1. The molecule has 0 spiro atoms. The van der Waals surface area contributed by atoms with Crippen molar-refractivity contribution in [1.82, 2.24) is 0 Å². The van der Waals surface area contributed by atoms with E-state index < -0.39 is 23.8 Å².